The molecule has 3 rings (SSSR count). The summed E-state index contributed by atoms with van der Waals surface area (Å²) in [6.07, 6.45) is 1.76. The van der Waals surface area contributed by atoms with Gasteiger partial charge in [0.15, 0.2) is 0 Å². The van der Waals surface area contributed by atoms with Gasteiger partial charge in [-0.05, 0) is 30.2 Å². The highest BCUT2D eigenvalue weighted by atomic mass is 35.5. The number of thioether (sulfide) groups is 1. The summed E-state index contributed by atoms with van der Waals surface area (Å²) in [6, 6.07) is 16.0. The van der Waals surface area contributed by atoms with Crippen LogP contribution in [0.1, 0.15) is 41.1 Å². The molecule has 1 amide bonds. The van der Waals surface area contributed by atoms with Gasteiger partial charge in [0.25, 0.3) is 5.91 Å². The predicted molar refractivity (Wildman–Crippen MR) is 109 cm³/mol. The molecule has 2 aromatic rings. The molecule has 142 valence electrons. The summed E-state index contributed by atoms with van der Waals surface area (Å²) in [4.78, 5) is 27.6. The highest BCUT2D eigenvalue weighted by Crippen LogP contribution is 2.42. The van der Waals surface area contributed by atoms with Crippen molar-refractivity contribution in [1.29, 1.82) is 0 Å². The number of carbonyl (C=O) groups excluding carboxylic acids is 2. The second-order valence-electron chi connectivity index (χ2n) is 6.36. The number of esters is 1. The average Bonchev–Trinajstić information content (AvgIpc) is 3.13. The van der Waals surface area contributed by atoms with Crippen LogP contribution in [-0.4, -0.2) is 35.2 Å². The molecular formula is C21H22ClNO3S. The quantitative estimate of drug-likeness (QED) is 0.506. The average molecular weight is 404 g/mol. The molecule has 1 fully saturated rings. The minimum Gasteiger partial charge on any atom is -0.464 e. The van der Waals surface area contributed by atoms with Crippen LogP contribution < -0.4 is 0 Å². The Hall–Kier alpha value is -1.98. The molecular weight excluding hydrogens is 382 g/mol. The van der Waals surface area contributed by atoms with E-state index < -0.39 is 6.04 Å². The lowest BCUT2D eigenvalue weighted by Gasteiger charge is -2.28. The van der Waals surface area contributed by atoms with Gasteiger partial charge in [-0.2, -0.15) is 0 Å². The summed E-state index contributed by atoms with van der Waals surface area (Å²) in [5.74, 6) is -0.0462. The van der Waals surface area contributed by atoms with Gasteiger partial charge in [-0.15, -0.1) is 11.8 Å². The molecule has 1 aliphatic rings. The van der Waals surface area contributed by atoms with Gasteiger partial charge in [-0.1, -0.05) is 61.3 Å². The molecule has 2 aromatic carbocycles. The molecule has 6 heteroatoms. The number of ether oxygens (including phenoxy) is 1. The summed E-state index contributed by atoms with van der Waals surface area (Å²) in [7, 11) is 0. The molecule has 1 aliphatic heterocycles. The summed E-state index contributed by atoms with van der Waals surface area (Å²) in [5, 5.41) is 0.257. The van der Waals surface area contributed by atoms with Crippen molar-refractivity contribution < 1.29 is 14.3 Å². The lowest BCUT2D eigenvalue weighted by atomic mass is 10.1. The number of hydrogen-bond acceptors (Lipinski definition) is 4. The summed E-state index contributed by atoms with van der Waals surface area (Å²) in [6.45, 7) is 2.42. The monoisotopic (exact) mass is 403 g/mol. The molecule has 0 spiro atoms. The number of carbonyl (C=O) groups is 2. The Morgan fingerprint density at radius 2 is 1.96 bits per heavy atom. The van der Waals surface area contributed by atoms with E-state index in [1.54, 1.807) is 40.9 Å². The molecule has 0 radical (unpaired) electrons. The van der Waals surface area contributed by atoms with Crippen LogP contribution in [0, 0.1) is 0 Å². The lowest BCUT2D eigenvalue weighted by Crippen LogP contribution is -2.44. The van der Waals surface area contributed by atoms with E-state index >= 15 is 0 Å². The molecule has 0 N–H and O–H groups in total. The van der Waals surface area contributed by atoms with Crippen molar-refractivity contribution in [3.05, 3.63) is 70.7 Å². The topological polar surface area (TPSA) is 46.6 Å². The molecule has 0 bridgehead atoms. The Morgan fingerprint density at radius 1 is 1.19 bits per heavy atom. The Labute approximate surface area is 168 Å². The third-order valence-electron chi connectivity index (χ3n) is 4.41. The first kappa shape index (κ1) is 19.8. The predicted octanol–water partition coefficient (Wildman–Crippen LogP) is 4.94. The van der Waals surface area contributed by atoms with Crippen LogP contribution in [0.15, 0.2) is 54.6 Å². The van der Waals surface area contributed by atoms with Crippen LogP contribution in [0.4, 0.5) is 0 Å². The fraction of sp³-hybridized carbons (Fsp3) is 0.333. The van der Waals surface area contributed by atoms with Gasteiger partial charge < -0.3 is 9.64 Å². The minimum absolute atomic E-state index is 0.214. The van der Waals surface area contributed by atoms with Crippen molar-refractivity contribution in [2.75, 3.05) is 12.4 Å². The minimum atomic E-state index is -0.608. The fourth-order valence-corrected chi connectivity index (χ4v) is 4.60. The van der Waals surface area contributed by atoms with E-state index in [4.69, 9.17) is 16.3 Å². The van der Waals surface area contributed by atoms with Gasteiger partial charge in [0.1, 0.15) is 11.4 Å². The van der Waals surface area contributed by atoms with E-state index in [-0.39, 0.29) is 17.3 Å². The van der Waals surface area contributed by atoms with E-state index in [1.807, 2.05) is 37.3 Å². The maximum Gasteiger partial charge on any atom is 0.329 e. The van der Waals surface area contributed by atoms with E-state index in [2.05, 4.69) is 0 Å². The zero-order chi connectivity index (χ0) is 19.2. The highest BCUT2D eigenvalue weighted by Gasteiger charge is 2.43. The Bertz CT molecular complexity index is 799. The second kappa shape index (κ2) is 9.29. The lowest BCUT2D eigenvalue weighted by molar-refractivity contribution is -0.148. The second-order valence-corrected chi connectivity index (χ2v) is 7.91. The van der Waals surface area contributed by atoms with Crippen molar-refractivity contribution in [3.63, 3.8) is 0 Å². The first-order chi connectivity index (χ1) is 13.1. The summed E-state index contributed by atoms with van der Waals surface area (Å²) >= 11 is 7.64. The zero-order valence-corrected chi connectivity index (χ0v) is 16.7. The molecule has 0 aromatic heterocycles. The third-order valence-corrected chi connectivity index (χ3v) is 5.96. The van der Waals surface area contributed by atoms with Crippen molar-refractivity contribution in [2.24, 2.45) is 0 Å². The van der Waals surface area contributed by atoms with E-state index in [9.17, 15) is 9.59 Å². The van der Waals surface area contributed by atoms with Crippen LogP contribution >= 0.6 is 23.4 Å². The molecule has 1 heterocycles. The molecule has 0 saturated carbocycles. The number of benzene rings is 2. The smallest absolute Gasteiger partial charge is 0.329 e. The molecule has 1 saturated heterocycles. The SMILES string of the molecule is CCCCOC(=O)[C@H]1CS[C@H](c2ccccc2)N1C(=O)c1cccc(Cl)c1. The fourth-order valence-electron chi connectivity index (χ4n) is 2.99. The zero-order valence-electron chi connectivity index (χ0n) is 15.1. The Kier molecular flexibility index (Phi) is 6.80. The van der Waals surface area contributed by atoms with E-state index in [0.717, 1.165) is 18.4 Å². The number of rotatable bonds is 6. The normalized spacial score (nSPS) is 19.1. The van der Waals surface area contributed by atoms with Crippen LogP contribution in [0.2, 0.25) is 5.02 Å². The highest BCUT2D eigenvalue weighted by molar-refractivity contribution is 7.99. The van der Waals surface area contributed by atoms with Crippen LogP contribution in [0.25, 0.3) is 0 Å². The van der Waals surface area contributed by atoms with Gasteiger partial charge >= 0.3 is 5.97 Å². The van der Waals surface area contributed by atoms with E-state index in [0.29, 0.717) is 22.9 Å². The Balaban J connectivity index is 1.89. The molecule has 0 aliphatic carbocycles. The van der Waals surface area contributed by atoms with Gasteiger partial charge in [-0.25, -0.2) is 4.79 Å². The third kappa shape index (κ3) is 4.66. The van der Waals surface area contributed by atoms with Gasteiger partial charge in [-0.3, -0.25) is 4.79 Å². The maximum absolute atomic E-state index is 13.3. The number of amides is 1. The van der Waals surface area contributed by atoms with Crippen LogP contribution in [-0.2, 0) is 9.53 Å². The standard InChI is InChI=1S/C21H22ClNO3S/c1-2-3-12-26-21(25)18-14-27-20(15-8-5-4-6-9-15)23(18)19(24)16-10-7-11-17(22)13-16/h4-11,13,18,20H,2-3,12,14H2,1H3/t18-,20-/m1/s1. The van der Waals surface area contributed by atoms with E-state index in [1.165, 1.54) is 0 Å². The molecule has 2 atom stereocenters. The summed E-state index contributed by atoms with van der Waals surface area (Å²) in [5.41, 5.74) is 1.46. The van der Waals surface area contributed by atoms with Crippen molar-refractivity contribution >= 4 is 35.2 Å². The number of unbranched alkanes of at least 4 members (excludes halogenated alkanes) is 1. The van der Waals surface area contributed by atoms with Gasteiger partial charge in [0.05, 0.1) is 6.61 Å². The first-order valence-electron chi connectivity index (χ1n) is 9.03. The molecule has 27 heavy (non-hydrogen) atoms. The van der Waals surface area contributed by atoms with Crippen molar-refractivity contribution in [1.82, 2.24) is 4.90 Å². The Morgan fingerprint density at radius 3 is 2.67 bits per heavy atom. The maximum atomic E-state index is 13.3. The van der Waals surface area contributed by atoms with Gasteiger partial charge in [0.2, 0.25) is 0 Å². The molecule has 0 unspecified atom stereocenters. The number of halogens is 1. The summed E-state index contributed by atoms with van der Waals surface area (Å²) < 4.78 is 5.42. The number of nitrogens with zero attached hydrogens (tertiary/aromatic N) is 1. The largest absolute Gasteiger partial charge is 0.464 e. The van der Waals surface area contributed by atoms with Crippen molar-refractivity contribution in [3.8, 4) is 0 Å². The first-order valence-corrected chi connectivity index (χ1v) is 10.5. The number of hydrogen-bond donors (Lipinski definition) is 0. The van der Waals surface area contributed by atoms with Crippen LogP contribution in [0.5, 0.6) is 0 Å². The van der Waals surface area contributed by atoms with Gasteiger partial charge in [0, 0.05) is 16.3 Å². The molecule has 4 nitrogen and oxygen atoms in total. The van der Waals surface area contributed by atoms with Crippen LogP contribution in [0.3, 0.4) is 0 Å². The van der Waals surface area contributed by atoms with Crippen molar-refractivity contribution in [2.45, 2.75) is 31.2 Å².